The smallest absolute Gasteiger partial charge is 0.325 e. The SMILES string of the molecule is CC(C)N(CC(=O)CCl)C(=O)C(F)(F)F. The van der Waals surface area contributed by atoms with Crippen molar-refractivity contribution in [2.24, 2.45) is 0 Å². The van der Waals surface area contributed by atoms with Gasteiger partial charge in [0.2, 0.25) is 0 Å². The summed E-state index contributed by atoms with van der Waals surface area (Å²) in [5.74, 6) is -3.05. The van der Waals surface area contributed by atoms with Gasteiger partial charge in [0.25, 0.3) is 0 Å². The highest BCUT2D eigenvalue weighted by molar-refractivity contribution is 6.28. The molecular weight excluding hydrogens is 235 g/mol. The molecule has 0 unspecified atom stereocenters. The summed E-state index contributed by atoms with van der Waals surface area (Å²) in [6.07, 6.45) is -4.96. The minimum absolute atomic E-state index is 0.408. The quantitative estimate of drug-likeness (QED) is 0.706. The molecule has 0 aromatic carbocycles. The molecular formula is C8H11ClF3NO2. The first-order valence-electron chi connectivity index (χ1n) is 4.15. The predicted octanol–water partition coefficient (Wildman–Crippen LogP) is 1.59. The maximum absolute atomic E-state index is 12.1. The fourth-order valence-corrected chi connectivity index (χ4v) is 0.968. The van der Waals surface area contributed by atoms with Gasteiger partial charge in [0.1, 0.15) is 0 Å². The number of amides is 1. The molecule has 0 fully saturated rings. The summed E-state index contributed by atoms with van der Waals surface area (Å²) in [6.45, 7) is 2.18. The Labute approximate surface area is 90.2 Å². The zero-order valence-corrected chi connectivity index (χ0v) is 9.02. The highest BCUT2D eigenvalue weighted by Crippen LogP contribution is 2.19. The maximum atomic E-state index is 12.1. The van der Waals surface area contributed by atoms with Crippen molar-refractivity contribution in [2.45, 2.75) is 26.1 Å². The van der Waals surface area contributed by atoms with E-state index in [1.165, 1.54) is 13.8 Å². The summed E-state index contributed by atoms with van der Waals surface area (Å²) in [4.78, 5) is 22.2. The summed E-state index contributed by atoms with van der Waals surface area (Å²) in [7, 11) is 0. The van der Waals surface area contributed by atoms with E-state index in [2.05, 4.69) is 0 Å². The number of carbonyl (C=O) groups excluding carboxylic acids is 2. The van der Waals surface area contributed by atoms with Crippen LogP contribution in [0.2, 0.25) is 0 Å². The van der Waals surface area contributed by atoms with Gasteiger partial charge in [-0.2, -0.15) is 13.2 Å². The molecule has 0 aliphatic carbocycles. The molecule has 0 aliphatic rings. The van der Waals surface area contributed by atoms with Gasteiger partial charge in [-0.05, 0) is 13.8 Å². The Hall–Kier alpha value is -0.780. The molecule has 0 atom stereocenters. The average Bonchev–Trinajstić information content (AvgIpc) is 2.10. The minimum Gasteiger partial charge on any atom is -0.325 e. The van der Waals surface area contributed by atoms with Crippen molar-refractivity contribution in [1.82, 2.24) is 4.90 Å². The van der Waals surface area contributed by atoms with Gasteiger partial charge < -0.3 is 4.90 Å². The van der Waals surface area contributed by atoms with Crippen molar-refractivity contribution >= 4 is 23.3 Å². The van der Waals surface area contributed by atoms with Crippen molar-refractivity contribution in [2.75, 3.05) is 12.4 Å². The van der Waals surface area contributed by atoms with Gasteiger partial charge in [-0.15, -0.1) is 11.6 Å². The monoisotopic (exact) mass is 245 g/mol. The van der Waals surface area contributed by atoms with Gasteiger partial charge in [0, 0.05) is 6.04 Å². The Morgan fingerprint density at radius 1 is 1.33 bits per heavy atom. The first-order chi connectivity index (χ1) is 6.70. The van der Waals surface area contributed by atoms with E-state index in [1.807, 2.05) is 0 Å². The normalized spacial score (nSPS) is 11.7. The van der Waals surface area contributed by atoms with Crippen molar-refractivity contribution in [3.63, 3.8) is 0 Å². The fourth-order valence-electron chi connectivity index (χ4n) is 0.884. The molecule has 0 spiro atoms. The summed E-state index contributed by atoms with van der Waals surface area (Å²) < 4.78 is 36.2. The number of alkyl halides is 4. The predicted molar refractivity (Wildman–Crippen MR) is 48.6 cm³/mol. The molecule has 1 amide bonds. The van der Waals surface area contributed by atoms with Crippen LogP contribution in [0.25, 0.3) is 0 Å². The zero-order valence-electron chi connectivity index (χ0n) is 8.27. The zero-order chi connectivity index (χ0) is 12.2. The lowest BCUT2D eigenvalue weighted by molar-refractivity contribution is -0.187. The van der Waals surface area contributed by atoms with E-state index in [0.717, 1.165) is 0 Å². The van der Waals surface area contributed by atoms with Gasteiger partial charge in [-0.1, -0.05) is 0 Å². The van der Waals surface area contributed by atoms with E-state index in [-0.39, 0.29) is 0 Å². The number of carbonyl (C=O) groups is 2. The van der Waals surface area contributed by atoms with Crippen LogP contribution in [0.5, 0.6) is 0 Å². The summed E-state index contributed by atoms with van der Waals surface area (Å²) in [5, 5.41) is 0. The molecule has 0 radical (unpaired) electrons. The number of hydrogen-bond donors (Lipinski definition) is 0. The van der Waals surface area contributed by atoms with Crippen molar-refractivity contribution < 1.29 is 22.8 Å². The first-order valence-corrected chi connectivity index (χ1v) is 4.69. The topological polar surface area (TPSA) is 37.4 Å². The number of rotatable bonds is 4. The molecule has 0 bridgehead atoms. The second kappa shape index (κ2) is 5.34. The maximum Gasteiger partial charge on any atom is 0.471 e. The van der Waals surface area contributed by atoms with Crippen LogP contribution in [-0.4, -0.2) is 41.2 Å². The van der Waals surface area contributed by atoms with E-state index in [4.69, 9.17) is 11.6 Å². The molecule has 88 valence electrons. The molecule has 0 rings (SSSR count). The number of hydrogen-bond acceptors (Lipinski definition) is 2. The summed E-state index contributed by atoms with van der Waals surface area (Å²) in [6, 6.07) is -0.703. The number of Topliss-reactive ketones (excluding diaryl/α,β-unsaturated/α-hetero) is 1. The van der Waals surface area contributed by atoms with Crippen LogP contribution in [0.1, 0.15) is 13.8 Å². The van der Waals surface area contributed by atoms with Crippen LogP contribution in [0.3, 0.4) is 0 Å². The third-order valence-electron chi connectivity index (χ3n) is 1.62. The molecule has 0 aromatic rings. The molecule has 15 heavy (non-hydrogen) atoms. The van der Waals surface area contributed by atoms with Crippen LogP contribution in [0.15, 0.2) is 0 Å². The lowest BCUT2D eigenvalue weighted by atomic mass is 10.2. The third-order valence-corrected chi connectivity index (χ3v) is 1.92. The second-order valence-corrected chi connectivity index (χ2v) is 3.46. The van der Waals surface area contributed by atoms with Crippen LogP contribution in [0.4, 0.5) is 13.2 Å². The standard InChI is InChI=1S/C8H11ClF3NO2/c1-5(2)13(4-6(14)3-9)7(15)8(10,11)12/h5H,3-4H2,1-2H3. The van der Waals surface area contributed by atoms with Crippen molar-refractivity contribution in [1.29, 1.82) is 0 Å². The molecule has 0 aliphatic heterocycles. The number of nitrogens with zero attached hydrogens (tertiary/aromatic N) is 1. The lowest BCUT2D eigenvalue weighted by Crippen LogP contribution is -2.47. The van der Waals surface area contributed by atoms with E-state index >= 15 is 0 Å². The molecule has 0 N–H and O–H groups in total. The minimum atomic E-state index is -4.96. The first kappa shape index (κ1) is 14.2. The Bertz CT molecular complexity index is 253. The Morgan fingerprint density at radius 3 is 2.07 bits per heavy atom. The molecule has 0 heterocycles. The molecule has 7 heteroatoms. The van der Waals surface area contributed by atoms with Gasteiger partial charge >= 0.3 is 12.1 Å². The van der Waals surface area contributed by atoms with Gasteiger partial charge in [-0.3, -0.25) is 9.59 Å². The van der Waals surface area contributed by atoms with E-state index in [0.29, 0.717) is 4.90 Å². The van der Waals surface area contributed by atoms with E-state index < -0.39 is 36.3 Å². The average molecular weight is 246 g/mol. The largest absolute Gasteiger partial charge is 0.471 e. The van der Waals surface area contributed by atoms with E-state index in [1.54, 1.807) is 0 Å². The highest BCUT2D eigenvalue weighted by Gasteiger charge is 2.43. The Kier molecular flexibility index (Phi) is 5.07. The Morgan fingerprint density at radius 2 is 1.80 bits per heavy atom. The van der Waals surface area contributed by atoms with Crippen LogP contribution in [0, 0.1) is 0 Å². The highest BCUT2D eigenvalue weighted by atomic mass is 35.5. The summed E-state index contributed by atoms with van der Waals surface area (Å²) in [5.41, 5.74) is 0. The molecule has 3 nitrogen and oxygen atoms in total. The van der Waals surface area contributed by atoms with Crippen LogP contribution in [-0.2, 0) is 9.59 Å². The van der Waals surface area contributed by atoms with E-state index in [9.17, 15) is 22.8 Å². The Balaban J connectivity index is 4.68. The second-order valence-electron chi connectivity index (χ2n) is 3.20. The molecule has 0 aromatic heterocycles. The lowest BCUT2D eigenvalue weighted by Gasteiger charge is -2.26. The van der Waals surface area contributed by atoms with Crippen molar-refractivity contribution in [3.8, 4) is 0 Å². The van der Waals surface area contributed by atoms with Gasteiger partial charge in [-0.25, -0.2) is 0 Å². The summed E-state index contributed by atoms with van der Waals surface area (Å²) >= 11 is 5.15. The molecule has 0 saturated carbocycles. The van der Waals surface area contributed by atoms with Crippen molar-refractivity contribution in [3.05, 3.63) is 0 Å². The number of ketones is 1. The van der Waals surface area contributed by atoms with Gasteiger partial charge in [0.05, 0.1) is 12.4 Å². The van der Waals surface area contributed by atoms with Gasteiger partial charge in [0.15, 0.2) is 5.78 Å². The number of halogens is 4. The fraction of sp³-hybridized carbons (Fsp3) is 0.750. The van der Waals surface area contributed by atoms with Crippen LogP contribution >= 0.6 is 11.6 Å². The van der Waals surface area contributed by atoms with Crippen LogP contribution < -0.4 is 0 Å². The molecule has 0 saturated heterocycles. The third kappa shape index (κ3) is 4.51.